The van der Waals surface area contributed by atoms with Crippen LogP contribution in [0.4, 0.5) is 0 Å². The number of benzene rings is 1. The maximum atomic E-state index is 5.97. The third-order valence-electron chi connectivity index (χ3n) is 5.40. The molecular weight excluding hydrogens is 356 g/mol. The number of hydrogen-bond donors (Lipinski definition) is 0. The molecule has 0 aliphatic carbocycles. The summed E-state index contributed by atoms with van der Waals surface area (Å²) in [6.45, 7) is 10.8. The Morgan fingerprint density at radius 3 is 2.63 bits per heavy atom. The summed E-state index contributed by atoms with van der Waals surface area (Å²) >= 11 is 1.62. The molecule has 142 valence electrons. The van der Waals surface area contributed by atoms with E-state index in [4.69, 9.17) is 4.42 Å². The Morgan fingerprint density at radius 1 is 1.11 bits per heavy atom. The van der Waals surface area contributed by atoms with Gasteiger partial charge in [0.05, 0.1) is 10.9 Å². The van der Waals surface area contributed by atoms with Crippen LogP contribution in [0.25, 0.3) is 10.8 Å². The third kappa shape index (κ3) is 3.98. The lowest BCUT2D eigenvalue weighted by molar-refractivity contribution is -0.00728. The van der Waals surface area contributed by atoms with Crippen LogP contribution < -0.4 is 0 Å². The van der Waals surface area contributed by atoms with Gasteiger partial charge in [0.25, 0.3) is 5.89 Å². The van der Waals surface area contributed by atoms with Crippen LogP contribution in [0.1, 0.15) is 38.3 Å². The number of piperazine rings is 1. The van der Waals surface area contributed by atoms with E-state index in [0.717, 1.165) is 31.1 Å². The second-order valence-corrected chi connectivity index (χ2v) is 8.74. The van der Waals surface area contributed by atoms with Crippen molar-refractivity contribution in [3.05, 3.63) is 59.3 Å². The molecule has 1 saturated heterocycles. The minimum Gasteiger partial charge on any atom is -0.418 e. The van der Waals surface area contributed by atoms with Crippen LogP contribution in [-0.4, -0.2) is 45.2 Å². The highest BCUT2D eigenvalue weighted by molar-refractivity contribution is 7.13. The van der Waals surface area contributed by atoms with E-state index < -0.39 is 0 Å². The molecule has 1 atom stereocenters. The molecule has 1 fully saturated rings. The number of nitrogens with zero attached hydrogens (tertiary/aromatic N) is 4. The van der Waals surface area contributed by atoms with Gasteiger partial charge in [-0.2, -0.15) is 0 Å². The van der Waals surface area contributed by atoms with Crippen LogP contribution >= 0.6 is 11.3 Å². The first-order valence-corrected chi connectivity index (χ1v) is 10.3. The molecule has 4 rings (SSSR count). The molecule has 6 heteroatoms. The van der Waals surface area contributed by atoms with Crippen molar-refractivity contribution in [3.8, 4) is 10.8 Å². The first-order chi connectivity index (χ1) is 13.0. The van der Waals surface area contributed by atoms with Crippen LogP contribution in [0.2, 0.25) is 0 Å². The van der Waals surface area contributed by atoms with Crippen LogP contribution in [0.5, 0.6) is 0 Å². The summed E-state index contributed by atoms with van der Waals surface area (Å²) in [5, 5.41) is 10.6. The van der Waals surface area contributed by atoms with Gasteiger partial charge in [-0.25, -0.2) is 0 Å². The molecule has 3 heterocycles. The smallest absolute Gasteiger partial charge is 0.257 e. The largest absolute Gasteiger partial charge is 0.418 e. The summed E-state index contributed by atoms with van der Waals surface area (Å²) in [6, 6.07) is 14.8. The Hall–Kier alpha value is -2.02. The van der Waals surface area contributed by atoms with Gasteiger partial charge in [-0.1, -0.05) is 36.4 Å². The fourth-order valence-electron chi connectivity index (χ4n) is 3.71. The van der Waals surface area contributed by atoms with E-state index in [0.29, 0.717) is 11.8 Å². The number of aromatic nitrogens is 2. The average Bonchev–Trinajstić information content (AvgIpc) is 3.35. The minimum atomic E-state index is 0.0823. The zero-order valence-corrected chi connectivity index (χ0v) is 16.9. The van der Waals surface area contributed by atoms with Crippen LogP contribution in [0, 0.1) is 0 Å². The van der Waals surface area contributed by atoms with E-state index in [1.54, 1.807) is 11.3 Å². The molecule has 0 N–H and O–H groups in total. The fourth-order valence-corrected chi connectivity index (χ4v) is 4.36. The van der Waals surface area contributed by atoms with Crippen molar-refractivity contribution in [3.63, 3.8) is 0 Å². The quantitative estimate of drug-likeness (QED) is 0.652. The third-order valence-corrected chi connectivity index (χ3v) is 6.26. The van der Waals surface area contributed by atoms with Gasteiger partial charge in [0.2, 0.25) is 5.89 Å². The van der Waals surface area contributed by atoms with Gasteiger partial charge in [-0.15, -0.1) is 21.5 Å². The zero-order chi connectivity index (χ0) is 18.9. The fraction of sp³-hybridized carbons (Fsp3) is 0.429. The molecule has 2 aromatic heterocycles. The van der Waals surface area contributed by atoms with Gasteiger partial charge < -0.3 is 4.42 Å². The predicted molar refractivity (Wildman–Crippen MR) is 109 cm³/mol. The zero-order valence-electron chi connectivity index (χ0n) is 16.1. The van der Waals surface area contributed by atoms with Crippen molar-refractivity contribution in [2.45, 2.75) is 38.9 Å². The first-order valence-electron chi connectivity index (χ1n) is 9.43. The second kappa shape index (κ2) is 7.54. The molecule has 1 aromatic carbocycles. The van der Waals surface area contributed by atoms with E-state index in [2.05, 4.69) is 71.1 Å². The van der Waals surface area contributed by atoms with E-state index >= 15 is 0 Å². The molecular formula is C21H26N4OS. The molecule has 3 aromatic rings. The first kappa shape index (κ1) is 18.3. The van der Waals surface area contributed by atoms with Crippen LogP contribution in [-0.2, 0) is 6.54 Å². The highest BCUT2D eigenvalue weighted by atomic mass is 32.1. The summed E-state index contributed by atoms with van der Waals surface area (Å²) in [7, 11) is 0. The summed E-state index contributed by atoms with van der Waals surface area (Å²) in [4.78, 5) is 6.04. The van der Waals surface area contributed by atoms with Crippen molar-refractivity contribution in [2.24, 2.45) is 0 Å². The molecule has 5 nitrogen and oxygen atoms in total. The Morgan fingerprint density at radius 2 is 1.93 bits per heavy atom. The van der Waals surface area contributed by atoms with Crippen molar-refractivity contribution >= 4 is 11.3 Å². The lowest BCUT2D eigenvalue weighted by Gasteiger charge is -2.48. The van der Waals surface area contributed by atoms with Gasteiger partial charge in [0, 0.05) is 31.7 Å². The van der Waals surface area contributed by atoms with Gasteiger partial charge in [-0.05, 0) is 37.8 Å². The lowest BCUT2D eigenvalue weighted by atomic mass is 9.96. The molecule has 0 amide bonds. The van der Waals surface area contributed by atoms with Crippen molar-refractivity contribution in [1.29, 1.82) is 0 Å². The maximum absolute atomic E-state index is 5.97. The summed E-state index contributed by atoms with van der Waals surface area (Å²) in [5.74, 6) is 1.32. The Balaban J connectivity index is 1.43. The minimum absolute atomic E-state index is 0.0823. The number of rotatable bonds is 5. The molecule has 0 bridgehead atoms. The van der Waals surface area contributed by atoms with Crippen LogP contribution in [0.15, 0.2) is 52.3 Å². The van der Waals surface area contributed by atoms with Gasteiger partial charge >= 0.3 is 0 Å². The number of thiophene rings is 1. The van der Waals surface area contributed by atoms with Crippen LogP contribution in [0.3, 0.4) is 0 Å². The van der Waals surface area contributed by atoms with Gasteiger partial charge in [0.1, 0.15) is 0 Å². The van der Waals surface area contributed by atoms with Crippen molar-refractivity contribution in [2.75, 3.05) is 19.6 Å². The second-order valence-electron chi connectivity index (χ2n) is 7.79. The Kier molecular flexibility index (Phi) is 5.12. The van der Waals surface area contributed by atoms with Gasteiger partial charge in [-0.3, -0.25) is 9.80 Å². The molecule has 27 heavy (non-hydrogen) atoms. The van der Waals surface area contributed by atoms with Gasteiger partial charge in [0.15, 0.2) is 0 Å². The molecule has 1 unspecified atom stereocenters. The van der Waals surface area contributed by atoms with E-state index in [1.807, 2.05) is 17.5 Å². The number of hydrogen-bond acceptors (Lipinski definition) is 6. The molecule has 0 spiro atoms. The molecule has 0 saturated carbocycles. The standard InChI is InChI=1S/C21H26N4OS/c1-16(19-22-23-20(26-19)18-10-7-13-27-18)24-11-12-25(21(2,3)15-24)14-17-8-5-4-6-9-17/h4-10,13,16H,11-12,14-15H2,1-3H3. The predicted octanol–water partition coefficient (Wildman–Crippen LogP) is 4.46. The van der Waals surface area contributed by atoms with E-state index in [-0.39, 0.29) is 11.6 Å². The van der Waals surface area contributed by atoms with Crippen molar-refractivity contribution in [1.82, 2.24) is 20.0 Å². The normalized spacial score (nSPS) is 19.2. The summed E-state index contributed by atoms with van der Waals surface area (Å²) < 4.78 is 5.97. The monoisotopic (exact) mass is 382 g/mol. The topological polar surface area (TPSA) is 45.4 Å². The highest BCUT2D eigenvalue weighted by Crippen LogP contribution is 2.31. The molecule has 0 radical (unpaired) electrons. The van der Waals surface area contributed by atoms with Crippen molar-refractivity contribution < 1.29 is 4.42 Å². The average molecular weight is 383 g/mol. The summed E-state index contributed by atoms with van der Waals surface area (Å²) in [5.41, 5.74) is 1.45. The molecule has 1 aliphatic rings. The SMILES string of the molecule is CC(c1nnc(-c2cccs2)o1)N1CCN(Cc2ccccc2)C(C)(C)C1. The maximum Gasteiger partial charge on any atom is 0.257 e. The van der Waals surface area contributed by atoms with E-state index in [1.165, 1.54) is 5.56 Å². The lowest BCUT2D eigenvalue weighted by Crippen LogP contribution is -2.59. The highest BCUT2D eigenvalue weighted by Gasteiger charge is 2.36. The summed E-state index contributed by atoms with van der Waals surface area (Å²) in [6.07, 6.45) is 0. The molecule has 1 aliphatic heterocycles. The van der Waals surface area contributed by atoms with E-state index in [9.17, 15) is 0 Å². The Bertz CT molecular complexity index is 859. The Labute approximate surface area is 164 Å².